The lowest BCUT2D eigenvalue weighted by Crippen LogP contribution is -2.48. The highest BCUT2D eigenvalue weighted by molar-refractivity contribution is 5.49. The molecule has 0 aromatic carbocycles. The summed E-state index contributed by atoms with van der Waals surface area (Å²) in [5.74, 6) is 1.53. The second-order valence-electron chi connectivity index (χ2n) is 4.54. The Balaban J connectivity index is 2.01. The van der Waals surface area contributed by atoms with Gasteiger partial charge in [0.1, 0.15) is 0 Å². The summed E-state index contributed by atoms with van der Waals surface area (Å²) in [6.45, 7) is 2.74. The minimum absolute atomic E-state index is 0.103. The van der Waals surface area contributed by atoms with Crippen molar-refractivity contribution < 1.29 is 9.47 Å². The van der Waals surface area contributed by atoms with Gasteiger partial charge in [0.2, 0.25) is 0 Å². The first kappa shape index (κ1) is 13.1. The van der Waals surface area contributed by atoms with Crippen molar-refractivity contribution in [2.45, 2.75) is 18.4 Å². The highest BCUT2D eigenvalue weighted by Crippen LogP contribution is 2.25. The Morgan fingerprint density at radius 1 is 1.39 bits per heavy atom. The number of aromatic nitrogens is 1. The van der Waals surface area contributed by atoms with Gasteiger partial charge >= 0.3 is 0 Å². The molecule has 0 saturated carbocycles. The number of hydrogen-bond donors (Lipinski definition) is 2. The molecule has 2 rings (SSSR count). The lowest BCUT2D eigenvalue weighted by Gasteiger charge is -2.36. The number of nitrogens with zero attached hydrogens (tertiary/aromatic N) is 1. The standard InChI is InChI=1S/C13H21N3O2/c1-17-11-4-3-7-15-12(11)16-10-13(18-2)5-8-14-9-6-13/h3-4,7,14H,5-6,8-10H2,1-2H3,(H,15,16). The van der Waals surface area contributed by atoms with Crippen molar-refractivity contribution in [3.05, 3.63) is 18.3 Å². The van der Waals surface area contributed by atoms with E-state index in [0.717, 1.165) is 44.0 Å². The SMILES string of the molecule is COc1cccnc1NCC1(OC)CCNCC1. The summed E-state index contributed by atoms with van der Waals surface area (Å²) in [4.78, 5) is 4.29. The zero-order valence-corrected chi connectivity index (χ0v) is 11.0. The molecule has 0 spiro atoms. The van der Waals surface area contributed by atoms with Crippen LogP contribution in [0.15, 0.2) is 18.3 Å². The van der Waals surface area contributed by atoms with Gasteiger partial charge in [-0.1, -0.05) is 0 Å². The Kier molecular flexibility index (Phi) is 4.38. The average molecular weight is 251 g/mol. The fourth-order valence-corrected chi connectivity index (χ4v) is 2.27. The fraction of sp³-hybridized carbons (Fsp3) is 0.615. The summed E-state index contributed by atoms with van der Waals surface area (Å²) in [6, 6.07) is 3.76. The van der Waals surface area contributed by atoms with Crippen LogP contribution in [0.1, 0.15) is 12.8 Å². The molecule has 1 saturated heterocycles. The zero-order chi connectivity index (χ0) is 12.8. The Bertz CT molecular complexity index is 378. The third-order valence-electron chi connectivity index (χ3n) is 3.52. The number of methoxy groups -OCH3 is 2. The molecule has 0 atom stereocenters. The summed E-state index contributed by atoms with van der Waals surface area (Å²) >= 11 is 0. The lowest BCUT2D eigenvalue weighted by atomic mass is 9.92. The molecule has 1 aliphatic heterocycles. The van der Waals surface area contributed by atoms with Gasteiger partial charge in [0, 0.05) is 19.9 Å². The topological polar surface area (TPSA) is 55.4 Å². The van der Waals surface area contributed by atoms with Crippen LogP contribution in [0.5, 0.6) is 5.75 Å². The van der Waals surface area contributed by atoms with Crippen molar-refractivity contribution in [3.8, 4) is 5.75 Å². The molecule has 0 radical (unpaired) electrons. The summed E-state index contributed by atoms with van der Waals surface area (Å²) in [7, 11) is 3.43. The van der Waals surface area contributed by atoms with E-state index in [1.54, 1.807) is 20.4 Å². The van der Waals surface area contributed by atoms with E-state index in [9.17, 15) is 0 Å². The normalized spacial score (nSPS) is 18.3. The first-order valence-corrected chi connectivity index (χ1v) is 6.28. The molecule has 1 aromatic rings. The van der Waals surface area contributed by atoms with E-state index in [1.165, 1.54) is 0 Å². The van der Waals surface area contributed by atoms with Crippen LogP contribution in [0.25, 0.3) is 0 Å². The Hall–Kier alpha value is -1.33. The van der Waals surface area contributed by atoms with Crippen LogP contribution < -0.4 is 15.4 Å². The second kappa shape index (κ2) is 6.02. The predicted octanol–water partition coefficient (Wildman–Crippen LogP) is 1.27. The van der Waals surface area contributed by atoms with Gasteiger partial charge < -0.3 is 20.1 Å². The Labute approximate surface area is 108 Å². The second-order valence-corrected chi connectivity index (χ2v) is 4.54. The predicted molar refractivity (Wildman–Crippen MR) is 71.1 cm³/mol. The van der Waals surface area contributed by atoms with Crippen molar-refractivity contribution in [1.29, 1.82) is 0 Å². The van der Waals surface area contributed by atoms with Gasteiger partial charge in [-0.05, 0) is 38.1 Å². The third kappa shape index (κ3) is 2.91. The summed E-state index contributed by atoms with van der Waals surface area (Å²) in [5.41, 5.74) is -0.103. The Morgan fingerprint density at radius 2 is 2.17 bits per heavy atom. The van der Waals surface area contributed by atoms with Gasteiger partial charge in [0.25, 0.3) is 0 Å². The average Bonchev–Trinajstić information content (AvgIpc) is 2.46. The molecular weight excluding hydrogens is 230 g/mol. The number of rotatable bonds is 5. The van der Waals surface area contributed by atoms with Crippen LogP contribution in [-0.2, 0) is 4.74 Å². The van der Waals surface area contributed by atoms with Gasteiger partial charge in [0.05, 0.1) is 12.7 Å². The van der Waals surface area contributed by atoms with E-state index in [0.29, 0.717) is 0 Å². The smallest absolute Gasteiger partial charge is 0.168 e. The molecule has 1 fully saturated rings. The van der Waals surface area contributed by atoms with Gasteiger partial charge in [-0.3, -0.25) is 0 Å². The number of nitrogens with one attached hydrogen (secondary N) is 2. The van der Waals surface area contributed by atoms with Crippen molar-refractivity contribution in [1.82, 2.24) is 10.3 Å². The van der Waals surface area contributed by atoms with Crippen LogP contribution in [0.3, 0.4) is 0 Å². The minimum atomic E-state index is -0.103. The van der Waals surface area contributed by atoms with Crippen LogP contribution >= 0.6 is 0 Å². The van der Waals surface area contributed by atoms with Crippen LogP contribution in [-0.4, -0.2) is 44.4 Å². The summed E-state index contributed by atoms with van der Waals surface area (Å²) in [5, 5.41) is 6.68. The van der Waals surface area contributed by atoms with Crippen molar-refractivity contribution in [2.24, 2.45) is 0 Å². The van der Waals surface area contributed by atoms with Gasteiger partial charge in [-0.25, -0.2) is 4.98 Å². The molecule has 5 nitrogen and oxygen atoms in total. The molecule has 2 N–H and O–H groups in total. The highest BCUT2D eigenvalue weighted by atomic mass is 16.5. The monoisotopic (exact) mass is 251 g/mol. The molecule has 18 heavy (non-hydrogen) atoms. The molecule has 1 aliphatic rings. The van der Waals surface area contributed by atoms with E-state index < -0.39 is 0 Å². The van der Waals surface area contributed by atoms with E-state index >= 15 is 0 Å². The van der Waals surface area contributed by atoms with Crippen LogP contribution in [0.2, 0.25) is 0 Å². The van der Waals surface area contributed by atoms with E-state index in [4.69, 9.17) is 9.47 Å². The zero-order valence-electron chi connectivity index (χ0n) is 11.0. The van der Waals surface area contributed by atoms with Crippen molar-refractivity contribution in [3.63, 3.8) is 0 Å². The number of anilines is 1. The van der Waals surface area contributed by atoms with Crippen molar-refractivity contribution >= 4 is 5.82 Å². The lowest BCUT2D eigenvalue weighted by molar-refractivity contribution is -0.0227. The molecular formula is C13H21N3O2. The minimum Gasteiger partial charge on any atom is -0.493 e. The first-order chi connectivity index (χ1) is 8.79. The number of piperidine rings is 1. The quantitative estimate of drug-likeness (QED) is 0.825. The molecule has 0 aliphatic carbocycles. The molecule has 0 amide bonds. The van der Waals surface area contributed by atoms with Crippen molar-refractivity contribution in [2.75, 3.05) is 39.2 Å². The van der Waals surface area contributed by atoms with E-state index in [-0.39, 0.29) is 5.60 Å². The van der Waals surface area contributed by atoms with Crippen LogP contribution in [0.4, 0.5) is 5.82 Å². The molecule has 0 unspecified atom stereocenters. The largest absolute Gasteiger partial charge is 0.493 e. The Morgan fingerprint density at radius 3 is 2.83 bits per heavy atom. The van der Waals surface area contributed by atoms with Crippen LogP contribution in [0, 0.1) is 0 Å². The van der Waals surface area contributed by atoms with Gasteiger partial charge in [0.15, 0.2) is 11.6 Å². The fourth-order valence-electron chi connectivity index (χ4n) is 2.27. The highest BCUT2D eigenvalue weighted by Gasteiger charge is 2.31. The third-order valence-corrected chi connectivity index (χ3v) is 3.52. The summed E-state index contributed by atoms with van der Waals surface area (Å²) in [6.07, 6.45) is 3.77. The molecule has 1 aromatic heterocycles. The summed E-state index contributed by atoms with van der Waals surface area (Å²) < 4.78 is 11.0. The number of pyridine rings is 1. The maximum Gasteiger partial charge on any atom is 0.168 e. The molecule has 2 heterocycles. The molecule has 5 heteroatoms. The molecule has 100 valence electrons. The van der Waals surface area contributed by atoms with Gasteiger partial charge in [-0.15, -0.1) is 0 Å². The maximum absolute atomic E-state index is 5.70. The molecule has 0 bridgehead atoms. The van der Waals surface area contributed by atoms with E-state index in [2.05, 4.69) is 15.6 Å². The number of hydrogen-bond acceptors (Lipinski definition) is 5. The maximum atomic E-state index is 5.70. The first-order valence-electron chi connectivity index (χ1n) is 6.28. The number of ether oxygens (including phenoxy) is 2. The van der Waals surface area contributed by atoms with Gasteiger partial charge in [-0.2, -0.15) is 0 Å². The van der Waals surface area contributed by atoms with E-state index in [1.807, 2.05) is 12.1 Å².